The molecule has 0 aliphatic heterocycles. The van der Waals surface area contributed by atoms with Crippen LogP contribution < -0.4 is 5.32 Å². The van der Waals surface area contributed by atoms with Crippen LogP contribution in [0.5, 0.6) is 0 Å². The highest BCUT2D eigenvalue weighted by Gasteiger charge is 2.09. The Balaban J connectivity index is 1.18. The van der Waals surface area contributed by atoms with Gasteiger partial charge in [0.15, 0.2) is 0 Å². The Labute approximate surface area is 174 Å². The van der Waals surface area contributed by atoms with Crippen LogP contribution in [-0.4, -0.2) is 25.7 Å². The van der Waals surface area contributed by atoms with Gasteiger partial charge in [-0.2, -0.15) is 0 Å². The fourth-order valence-corrected chi connectivity index (χ4v) is 3.09. The van der Waals surface area contributed by atoms with Gasteiger partial charge in [-0.1, -0.05) is 42.5 Å². The predicted octanol–water partition coefficient (Wildman–Crippen LogP) is 3.62. The van der Waals surface area contributed by atoms with Gasteiger partial charge in [-0.3, -0.25) is 4.79 Å². The van der Waals surface area contributed by atoms with Gasteiger partial charge in [0.25, 0.3) is 0 Å². The molecule has 7 heteroatoms. The van der Waals surface area contributed by atoms with Crippen molar-refractivity contribution in [2.75, 3.05) is 0 Å². The van der Waals surface area contributed by atoms with Crippen molar-refractivity contribution in [1.82, 2.24) is 25.1 Å². The van der Waals surface area contributed by atoms with E-state index >= 15 is 0 Å². The smallest absolute Gasteiger partial charge is 0.247 e. The van der Waals surface area contributed by atoms with E-state index in [0.29, 0.717) is 37.6 Å². The van der Waals surface area contributed by atoms with Gasteiger partial charge in [-0.15, -0.1) is 10.2 Å². The molecule has 0 spiro atoms. The zero-order chi connectivity index (χ0) is 20.6. The zero-order valence-corrected chi connectivity index (χ0v) is 16.6. The highest BCUT2D eigenvalue weighted by molar-refractivity contribution is 5.75. The summed E-state index contributed by atoms with van der Waals surface area (Å²) in [4.78, 5) is 16.2. The average molecular weight is 401 g/mol. The summed E-state index contributed by atoms with van der Waals surface area (Å²) in [7, 11) is 0. The van der Waals surface area contributed by atoms with E-state index in [1.54, 1.807) is 12.5 Å². The van der Waals surface area contributed by atoms with Crippen LogP contribution in [-0.2, 0) is 24.3 Å². The van der Waals surface area contributed by atoms with E-state index in [0.717, 1.165) is 17.7 Å². The fraction of sp³-hybridized carbons (Fsp3) is 0.217. The lowest BCUT2D eigenvalue weighted by atomic mass is 10.1. The maximum Gasteiger partial charge on any atom is 0.247 e. The molecule has 0 atom stereocenters. The first-order chi connectivity index (χ1) is 14.8. The Bertz CT molecular complexity index is 1060. The van der Waals surface area contributed by atoms with Crippen molar-refractivity contribution in [2.45, 2.75) is 32.4 Å². The molecule has 0 saturated carbocycles. The predicted molar refractivity (Wildman–Crippen MR) is 112 cm³/mol. The molecule has 1 N–H and O–H groups in total. The number of benzene rings is 2. The van der Waals surface area contributed by atoms with Gasteiger partial charge in [-0.25, -0.2) is 4.98 Å². The molecule has 152 valence electrons. The lowest BCUT2D eigenvalue weighted by molar-refractivity contribution is -0.121. The highest BCUT2D eigenvalue weighted by Crippen LogP contribution is 2.17. The van der Waals surface area contributed by atoms with Gasteiger partial charge in [0, 0.05) is 43.9 Å². The number of nitrogens with one attached hydrogen (secondary N) is 1. The third-order valence-electron chi connectivity index (χ3n) is 4.72. The molecule has 7 nitrogen and oxygen atoms in total. The van der Waals surface area contributed by atoms with Crippen LogP contribution in [0.25, 0.3) is 11.5 Å². The highest BCUT2D eigenvalue weighted by atomic mass is 16.4. The fourth-order valence-electron chi connectivity index (χ4n) is 3.09. The summed E-state index contributed by atoms with van der Waals surface area (Å²) >= 11 is 0. The lowest BCUT2D eigenvalue weighted by Gasteiger charge is -2.07. The molecular formula is C23H23N5O2. The number of hydrogen-bond donors (Lipinski definition) is 1. The van der Waals surface area contributed by atoms with Crippen LogP contribution in [0, 0.1) is 0 Å². The summed E-state index contributed by atoms with van der Waals surface area (Å²) in [5, 5.41) is 11.1. The molecular weight excluding hydrogens is 378 g/mol. The van der Waals surface area contributed by atoms with Crippen molar-refractivity contribution in [1.29, 1.82) is 0 Å². The van der Waals surface area contributed by atoms with Gasteiger partial charge < -0.3 is 14.3 Å². The molecule has 4 rings (SSSR count). The molecule has 0 saturated heterocycles. The molecule has 2 aromatic carbocycles. The Morgan fingerprint density at radius 3 is 2.57 bits per heavy atom. The largest absolute Gasteiger partial charge is 0.421 e. The SMILES string of the molecule is O=C(CCCc1nnc(-c2ccccc2)o1)NCc1ccc(Cn2ccnc2)cc1. The van der Waals surface area contributed by atoms with Crippen LogP contribution in [0.1, 0.15) is 29.9 Å². The van der Waals surface area contributed by atoms with Gasteiger partial charge in [-0.05, 0) is 29.7 Å². The van der Waals surface area contributed by atoms with E-state index in [1.807, 2.05) is 53.2 Å². The first-order valence-corrected chi connectivity index (χ1v) is 9.94. The summed E-state index contributed by atoms with van der Waals surface area (Å²) < 4.78 is 7.69. The van der Waals surface area contributed by atoms with E-state index in [1.165, 1.54) is 5.56 Å². The summed E-state index contributed by atoms with van der Waals surface area (Å²) in [6, 6.07) is 17.9. The van der Waals surface area contributed by atoms with Crippen molar-refractivity contribution < 1.29 is 9.21 Å². The topological polar surface area (TPSA) is 85.8 Å². The number of carbonyl (C=O) groups is 1. The number of carbonyl (C=O) groups excluding carboxylic acids is 1. The second-order valence-electron chi connectivity index (χ2n) is 7.05. The molecule has 1 amide bonds. The van der Waals surface area contributed by atoms with Crippen molar-refractivity contribution in [3.63, 3.8) is 0 Å². The van der Waals surface area contributed by atoms with Crippen molar-refractivity contribution in [2.24, 2.45) is 0 Å². The van der Waals surface area contributed by atoms with Crippen molar-refractivity contribution >= 4 is 5.91 Å². The molecule has 4 aromatic rings. The van der Waals surface area contributed by atoms with Crippen LogP contribution in [0.15, 0.2) is 77.7 Å². The maximum atomic E-state index is 12.1. The second kappa shape index (κ2) is 9.65. The molecule has 0 unspecified atom stereocenters. The number of rotatable bonds is 9. The normalized spacial score (nSPS) is 10.8. The van der Waals surface area contributed by atoms with E-state index in [4.69, 9.17) is 4.42 Å². The molecule has 0 aliphatic carbocycles. The van der Waals surface area contributed by atoms with Crippen LogP contribution in [0.4, 0.5) is 0 Å². The van der Waals surface area contributed by atoms with Gasteiger partial charge >= 0.3 is 0 Å². The van der Waals surface area contributed by atoms with Crippen molar-refractivity contribution in [3.05, 3.63) is 90.3 Å². The van der Waals surface area contributed by atoms with Crippen LogP contribution in [0.2, 0.25) is 0 Å². The van der Waals surface area contributed by atoms with Crippen molar-refractivity contribution in [3.8, 4) is 11.5 Å². The lowest BCUT2D eigenvalue weighted by Crippen LogP contribution is -2.22. The first-order valence-electron chi connectivity index (χ1n) is 9.94. The number of aryl methyl sites for hydroxylation is 1. The van der Waals surface area contributed by atoms with Crippen LogP contribution >= 0.6 is 0 Å². The van der Waals surface area contributed by atoms with Gasteiger partial charge in [0.2, 0.25) is 17.7 Å². The summed E-state index contributed by atoms with van der Waals surface area (Å²) in [5.74, 6) is 1.07. The number of nitrogens with zero attached hydrogens (tertiary/aromatic N) is 4. The molecule has 2 aromatic heterocycles. The summed E-state index contributed by atoms with van der Waals surface area (Å²) in [6.07, 6.45) is 7.16. The summed E-state index contributed by atoms with van der Waals surface area (Å²) in [6.45, 7) is 1.30. The third kappa shape index (κ3) is 5.41. The third-order valence-corrected chi connectivity index (χ3v) is 4.72. The van der Waals surface area contributed by atoms with E-state index < -0.39 is 0 Å². The Morgan fingerprint density at radius 1 is 1.00 bits per heavy atom. The zero-order valence-electron chi connectivity index (χ0n) is 16.6. The molecule has 0 radical (unpaired) electrons. The van der Waals surface area contributed by atoms with Crippen LogP contribution in [0.3, 0.4) is 0 Å². The molecule has 0 aliphatic rings. The minimum atomic E-state index is 0.0142. The van der Waals surface area contributed by atoms with E-state index in [2.05, 4.69) is 32.6 Å². The molecule has 30 heavy (non-hydrogen) atoms. The number of amides is 1. The van der Waals surface area contributed by atoms with E-state index in [9.17, 15) is 4.79 Å². The monoisotopic (exact) mass is 401 g/mol. The molecule has 2 heterocycles. The first kappa shape index (κ1) is 19.6. The summed E-state index contributed by atoms with van der Waals surface area (Å²) in [5.41, 5.74) is 3.16. The quantitative estimate of drug-likeness (QED) is 0.463. The maximum absolute atomic E-state index is 12.1. The van der Waals surface area contributed by atoms with E-state index in [-0.39, 0.29) is 5.91 Å². The number of aromatic nitrogens is 4. The Hall–Kier alpha value is -3.74. The van der Waals surface area contributed by atoms with Gasteiger partial charge in [0.1, 0.15) is 0 Å². The number of imidazole rings is 1. The second-order valence-corrected chi connectivity index (χ2v) is 7.05. The molecule has 0 fully saturated rings. The van der Waals surface area contributed by atoms with Gasteiger partial charge in [0.05, 0.1) is 6.33 Å². The minimum absolute atomic E-state index is 0.0142. The molecule has 0 bridgehead atoms. The minimum Gasteiger partial charge on any atom is -0.421 e. The average Bonchev–Trinajstić information content (AvgIpc) is 3.46. The Kier molecular flexibility index (Phi) is 6.29. The number of hydrogen-bond acceptors (Lipinski definition) is 5. The standard InChI is InChI=1S/C23H23N5O2/c29-21(7-4-8-22-26-27-23(30-22)20-5-2-1-3-6-20)25-15-18-9-11-19(12-10-18)16-28-14-13-24-17-28/h1-3,5-6,9-14,17H,4,7-8,15-16H2,(H,25,29). The Morgan fingerprint density at radius 2 is 1.80 bits per heavy atom.